The topological polar surface area (TPSA) is 86.6 Å². The molecule has 6 heteroatoms. The van der Waals surface area contributed by atoms with Crippen LogP contribution in [0.1, 0.15) is 60.9 Å². The maximum absolute atomic E-state index is 11.4. The molecule has 21 heavy (non-hydrogen) atoms. The van der Waals surface area contributed by atoms with E-state index in [0.717, 1.165) is 32.1 Å². The Hall–Kier alpha value is -1.75. The van der Waals surface area contributed by atoms with Crippen molar-refractivity contribution in [3.63, 3.8) is 0 Å². The van der Waals surface area contributed by atoms with Gasteiger partial charge in [-0.15, -0.1) is 0 Å². The van der Waals surface area contributed by atoms with Crippen LogP contribution in [0.25, 0.3) is 0 Å². The summed E-state index contributed by atoms with van der Waals surface area (Å²) in [7, 11) is 0. The molecule has 0 unspecified atom stereocenters. The molecule has 1 aromatic rings. The van der Waals surface area contributed by atoms with E-state index in [1.807, 2.05) is 0 Å². The van der Waals surface area contributed by atoms with Gasteiger partial charge in [0, 0.05) is 12.5 Å². The second kappa shape index (κ2) is 6.35. The molecule has 0 atom stereocenters. The third kappa shape index (κ3) is 3.29. The smallest absolute Gasteiger partial charge is 0.339 e. The summed E-state index contributed by atoms with van der Waals surface area (Å²) < 4.78 is 0. The van der Waals surface area contributed by atoms with Crippen molar-refractivity contribution in [2.24, 2.45) is 0 Å². The Morgan fingerprint density at radius 1 is 1.29 bits per heavy atom. The van der Waals surface area contributed by atoms with Crippen molar-refractivity contribution in [1.29, 1.82) is 0 Å². The fourth-order valence-corrected chi connectivity index (χ4v) is 3.17. The number of hydrogen-bond donors (Lipinski definition) is 3. The summed E-state index contributed by atoms with van der Waals surface area (Å²) in [6, 6.07) is 1.18. The zero-order valence-corrected chi connectivity index (χ0v) is 12.5. The molecule has 114 valence electrons. The lowest BCUT2D eigenvalue weighted by atomic mass is 9.82. The second-order valence-electron chi connectivity index (χ2n) is 5.36. The molecule has 0 bridgehead atoms. The zero-order valence-electron chi connectivity index (χ0n) is 11.8. The Labute approximate surface area is 127 Å². The number of carbonyl (C=O) groups excluding carboxylic acids is 1. The highest BCUT2D eigenvalue weighted by Crippen LogP contribution is 2.45. The number of rotatable bonds is 3. The van der Waals surface area contributed by atoms with Crippen LogP contribution in [0.2, 0.25) is 5.02 Å². The number of phenols is 1. The third-order valence-electron chi connectivity index (χ3n) is 3.83. The molecule has 0 aromatic heterocycles. The van der Waals surface area contributed by atoms with Crippen LogP contribution < -0.4 is 5.32 Å². The molecular weight excluding hydrogens is 294 g/mol. The van der Waals surface area contributed by atoms with Crippen LogP contribution >= 0.6 is 11.6 Å². The van der Waals surface area contributed by atoms with E-state index in [0.29, 0.717) is 11.3 Å². The number of amides is 1. The van der Waals surface area contributed by atoms with Gasteiger partial charge in [0.05, 0.1) is 10.7 Å². The molecule has 1 saturated carbocycles. The van der Waals surface area contributed by atoms with E-state index in [1.54, 1.807) is 0 Å². The highest BCUT2D eigenvalue weighted by atomic mass is 35.5. The van der Waals surface area contributed by atoms with Crippen LogP contribution in [-0.4, -0.2) is 22.1 Å². The highest BCUT2D eigenvalue weighted by Gasteiger charge is 2.28. The predicted molar refractivity (Wildman–Crippen MR) is 80.2 cm³/mol. The van der Waals surface area contributed by atoms with Crippen molar-refractivity contribution >= 4 is 29.2 Å². The number of benzene rings is 1. The fourth-order valence-electron chi connectivity index (χ4n) is 2.91. The van der Waals surface area contributed by atoms with Crippen molar-refractivity contribution in [2.45, 2.75) is 44.9 Å². The Balaban J connectivity index is 2.59. The number of carboxylic acid groups (broad SMARTS) is 1. The van der Waals surface area contributed by atoms with Gasteiger partial charge in [-0.2, -0.15) is 0 Å². The molecule has 0 radical (unpaired) electrons. The molecule has 1 aliphatic carbocycles. The largest absolute Gasteiger partial charge is 0.507 e. The van der Waals surface area contributed by atoms with E-state index in [-0.39, 0.29) is 28.2 Å². The number of nitrogens with one attached hydrogen (secondary N) is 1. The van der Waals surface area contributed by atoms with Crippen LogP contribution in [-0.2, 0) is 4.79 Å². The Morgan fingerprint density at radius 2 is 1.90 bits per heavy atom. The number of halogens is 1. The predicted octanol–water partition coefficient (Wildman–Crippen LogP) is 3.75. The van der Waals surface area contributed by atoms with E-state index in [1.165, 1.54) is 13.0 Å². The van der Waals surface area contributed by atoms with Gasteiger partial charge >= 0.3 is 5.97 Å². The summed E-state index contributed by atoms with van der Waals surface area (Å²) >= 11 is 6.12. The van der Waals surface area contributed by atoms with Gasteiger partial charge in [-0.25, -0.2) is 4.79 Å². The summed E-state index contributed by atoms with van der Waals surface area (Å²) in [5, 5.41) is 22.3. The summed E-state index contributed by atoms with van der Waals surface area (Å²) in [5.74, 6) is -1.82. The van der Waals surface area contributed by atoms with Gasteiger partial charge in [0.15, 0.2) is 0 Å². The molecular formula is C15H18ClNO4. The van der Waals surface area contributed by atoms with E-state index in [2.05, 4.69) is 5.32 Å². The van der Waals surface area contributed by atoms with Gasteiger partial charge < -0.3 is 15.5 Å². The van der Waals surface area contributed by atoms with Crippen LogP contribution in [0.15, 0.2) is 6.07 Å². The van der Waals surface area contributed by atoms with Crippen LogP contribution in [0.5, 0.6) is 5.75 Å². The molecule has 5 nitrogen and oxygen atoms in total. The van der Waals surface area contributed by atoms with Gasteiger partial charge in [-0.3, -0.25) is 4.79 Å². The van der Waals surface area contributed by atoms with Gasteiger partial charge in [-0.05, 0) is 24.8 Å². The number of aromatic hydroxyl groups is 1. The molecule has 0 saturated heterocycles. The minimum atomic E-state index is -1.24. The lowest BCUT2D eigenvalue weighted by Gasteiger charge is -2.26. The zero-order chi connectivity index (χ0) is 15.6. The Bertz CT molecular complexity index is 580. The van der Waals surface area contributed by atoms with E-state index < -0.39 is 5.97 Å². The number of carbonyl (C=O) groups is 2. The quantitative estimate of drug-likeness (QED) is 0.793. The van der Waals surface area contributed by atoms with Crippen molar-refractivity contribution in [3.8, 4) is 5.75 Å². The van der Waals surface area contributed by atoms with E-state index in [9.17, 15) is 19.8 Å². The number of hydrogen-bond acceptors (Lipinski definition) is 3. The first-order valence-electron chi connectivity index (χ1n) is 6.98. The monoisotopic (exact) mass is 311 g/mol. The summed E-state index contributed by atoms with van der Waals surface area (Å²) in [6.07, 6.45) is 4.84. The van der Waals surface area contributed by atoms with Gasteiger partial charge in [0.25, 0.3) is 0 Å². The van der Waals surface area contributed by atoms with Crippen molar-refractivity contribution in [3.05, 3.63) is 22.2 Å². The standard InChI is InChI=1S/C15H18ClNO4/c1-8(18)17-13-11(16)7-10(15(20)21)14(19)12(13)9-5-3-2-4-6-9/h7,9,19H,2-6H2,1H3,(H,17,18)(H,20,21). The molecule has 2 rings (SSSR count). The summed E-state index contributed by atoms with van der Waals surface area (Å²) in [5.41, 5.74) is 0.558. The Morgan fingerprint density at radius 3 is 2.43 bits per heavy atom. The summed E-state index contributed by atoms with van der Waals surface area (Å²) in [6.45, 7) is 1.35. The average molecular weight is 312 g/mol. The number of aromatic carboxylic acids is 1. The molecule has 3 N–H and O–H groups in total. The number of carboxylic acids is 1. The molecule has 1 amide bonds. The Kier molecular flexibility index (Phi) is 4.73. The van der Waals surface area contributed by atoms with Gasteiger partial charge in [0.1, 0.15) is 11.3 Å². The van der Waals surface area contributed by atoms with Crippen LogP contribution in [0.3, 0.4) is 0 Å². The lowest BCUT2D eigenvalue weighted by Crippen LogP contribution is -2.14. The molecule has 1 fully saturated rings. The van der Waals surface area contributed by atoms with Crippen LogP contribution in [0.4, 0.5) is 5.69 Å². The maximum Gasteiger partial charge on any atom is 0.339 e. The normalized spacial score (nSPS) is 15.7. The summed E-state index contributed by atoms with van der Waals surface area (Å²) in [4.78, 5) is 22.6. The first kappa shape index (κ1) is 15.6. The van der Waals surface area contributed by atoms with Crippen LogP contribution in [0, 0.1) is 0 Å². The van der Waals surface area contributed by atoms with Gasteiger partial charge in [-0.1, -0.05) is 30.9 Å². The third-order valence-corrected chi connectivity index (χ3v) is 4.13. The molecule has 0 spiro atoms. The maximum atomic E-state index is 11.4. The first-order valence-corrected chi connectivity index (χ1v) is 7.35. The van der Waals surface area contributed by atoms with Crippen molar-refractivity contribution in [1.82, 2.24) is 0 Å². The highest BCUT2D eigenvalue weighted by molar-refractivity contribution is 6.34. The van der Waals surface area contributed by atoms with E-state index in [4.69, 9.17) is 11.6 Å². The molecule has 0 aliphatic heterocycles. The molecule has 0 heterocycles. The van der Waals surface area contributed by atoms with Gasteiger partial charge in [0.2, 0.25) is 5.91 Å². The molecule has 1 aliphatic rings. The average Bonchev–Trinajstić information content (AvgIpc) is 2.43. The first-order chi connectivity index (χ1) is 9.91. The lowest BCUT2D eigenvalue weighted by molar-refractivity contribution is -0.114. The number of anilines is 1. The minimum Gasteiger partial charge on any atom is -0.507 e. The fraction of sp³-hybridized carbons (Fsp3) is 0.467. The SMILES string of the molecule is CC(=O)Nc1c(Cl)cc(C(=O)O)c(O)c1C1CCCCC1. The van der Waals surface area contributed by atoms with Crippen molar-refractivity contribution in [2.75, 3.05) is 5.32 Å². The minimum absolute atomic E-state index is 0.0115. The molecule has 1 aromatic carbocycles. The second-order valence-corrected chi connectivity index (χ2v) is 5.77. The van der Waals surface area contributed by atoms with Crippen molar-refractivity contribution < 1.29 is 19.8 Å². The van der Waals surface area contributed by atoms with E-state index >= 15 is 0 Å².